The molecule has 31 heavy (non-hydrogen) atoms. The molecular formula is C24H32N2O4S. The molecule has 3 rings (SSSR count). The summed E-state index contributed by atoms with van der Waals surface area (Å²) in [6.07, 6.45) is 1.04. The number of carbonyl (C=O) groups is 1. The van der Waals surface area contributed by atoms with E-state index in [4.69, 9.17) is 4.74 Å². The number of sulfonamides is 1. The van der Waals surface area contributed by atoms with E-state index in [1.54, 1.807) is 31.2 Å². The molecule has 168 valence electrons. The van der Waals surface area contributed by atoms with Crippen LogP contribution in [0.1, 0.15) is 30.0 Å². The van der Waals surface area contributed by atoms with Crippen molar-refractivity contribution in [2.75, 3.05) is 32.8 Å². The Balaban J connectivity index is 1.74. The van der Waals surface area contributed by atoms with Gasteiger partial charge in [0, 0.05) is 32.2 Å². The smallest absolute Gasteiger partial charge is 0.307 e. The fourth-order valence-corrected chi connectivity index (χ4v) is 5.45. The quantitative estimate of drug-likeness (QED) is 0.585. The molecule has 0 radical (unpaired) electrons. The lowest BCUT2D eigenvalue weighted by Gasteiger charge is -2.40. The summed E-state index contributed by atoms with van der Waals surface area (Å²) >= 11 is 0. The van der Waals surface area contributed by atoms with E-state index in [1.807, 2.05) is 13.0 Å². The van der Waals surface area contributed by atoms with E-state index >= 15 is 0 Å². The zero-order valence-electron chi connectivity index (χ0n) is 18.6. The van der Waals surface area contributed by atoms with E-state index in [9.17, 15) is 13.2 Å². The van der Waals surface area contributed by atoms with E-state index < -0.39 is 10.0 Å². The van der Waals surface area contributed by atoms with Gasteiger partial charge in [0.1, 0.15) is 0 Å². The Labute approximate surface area is 185 Å². The highest BCUT2D eigenvalue weighted by atomic mass is 32.2. The molecule has 2 aromatic carbocycles. The average molecular weight is 445 g/mol. The first-order valence-electron chi connectivity index (χ1n) is 10.8. The van der Waals surface area contributed by atoms with Crippen molar-refractivity contribution in [1.29, 1.82) is 0 Å². The predicted octanol–water partition coefficient (Wildman–Crippen LogP) is 3.17. The van der Waals surface area contributed by atoms with Crippen LogP contribution in [0, 0.1) is 13.8 Å². The largest absolute Gasteiger partial charge is 0.466 e. The van der Waals surface area contributed by atoms with Gasteiger partial charge < -0.3 is 4.74 Å². The molecule has 0 N–H and O–H groups in total. The zero-order valence-corrected chi connectivity index (χ0v) is 19.4. The van der Waals surface area contributed by atoms with Crippen LogP contribution in [0.4, 0.5) is 0 Å². The normalized spacial score (nSPS) is 18.1. The van der Waals surface area contributed by atoms with Crippen LogP contribution in [-0.4, -0.2) is 62.4 Å². The molecule has 1 aliphatic rings. The first kappa shape index (κ1) is 23.4. The van der Waals surface area contributed by atoms with Gasteiger partial charge in [0.05, 0.1) is 17.9 Å². The van der Waals surface area contributed by atoms with Gasteiger partial charge in [0.15, 0.2) is 0 Å². The highest BCUT2D eigenvalue weighted by Gasteiger charge is 2.35. The summed E-state index contributed by atoms with van der Waals surface area (Å²) in [5.41, 5.74) is 3.47. The SMILES string of the molecule is CCOC(=O)CC1CN(S(=O)(=O)c2ccc(C)cc2)CCN1CCc1cccc(C)c1. The van der Waals surface area contributed by atoms with Gasteiger partial charge in [0.2, 0.25) is 10.0 Å². The minimum atomic E-state index is -3.60. The Morgan fingerprint density at radius 3 is 2.48 bits per heavy atom. The molecule has 0 aromatic heterocycles. The Hall–Kier alpha value is -2.22. The van der Waals surface area contributed by atoms with Crippen LogP contribution in [0.25, 0.3) is 0 Å². The number of nitrogens with zero attached hydrogens (tertiary/aromatic N) is 2. The first-order chi connectivity index (χ1) is 14.8. The lowest BCUT2D eigenvalue weighted by Crippen LogP contribution is -2.55. The summed E-state index contributed by atoms with van der Waals surface area (Å²) in [6.45, 7) is 8.14. The Kier molecular flexibility index (Phi) is 7.86. The third-order valence-electron chi connectivity index (χ3n) is 5.70. The second kappa shape index (κ2) is 10.4. The fraction of sp³-hybridized carbons (Fsp3) is 0.458. The Morgan fingerprint density at radius 1 is 1.06 bits per heavy atom. The van der Waals surface area contributed by atoms with Gasteiger partial charge in [-0.1, -0.05) is 47.5 Å². The number of aryl methyl sites for hydroxylation is 2. The highest BCUT2D eigenvalue weighted by molar-refractivity contribution is 7.89. The molecule has 2 aromatic rings. The zero-order chi connectivity index (χ0) is 22.4. The van der Waals surface area contributed by atoms with Crippen molar-refractivity contribution in [2.45, 2.75) is 44.6 Å². The molecule has 1 unspecified atom stereocenters. The molecule has 7 heteroatoms. The Morgan fingerprint density at radius 2 is 1.81 bits per heavy atom. The number of carbonyl (C=O) groups excluding carboxylic acids is 1. The average Bonchev–Trinajstić information content (AvgIpc) is 2.73. The summed E-state index contributed by atoms with van der Waals surface area (Å²) in [4.78, 5) is 14.7. The van der Waals surface area contributed by atoms with Crippen LogP contribution >= 0.6 is 0 Å². The predicted molar refractivity (Wildman–Crippen MR) is 121 cm³/mol. The molecule has 1 aliphatic heterocycles. The number of hydrogen-bond acceptors (Lipinski definition) is 5. The lowest BCUT2D eigenvalue weighted by molar-refractivity contribution is -0.145. The second-order valence-corrected chi connectivity index (χ2v) is 10.1. The summed E-state index contributed by atoms with van der Waals surface area (Å²) in [6, 6.07) is 15.1. The number of hydrogen-bond donors (Lipinski definition) is 0. The number of benzene rings is 2. The van der Waals surface area contributed by atoms with Crippen molar-refractivity contribution >= 4 is 16.0 Å². The van der Waals surface area contributed by atoms with Gasteiger partial charge in [-0.3, -0.25) is 9.69 Å². The molecule has 6 nitrogen and oxygen atoms in total. The number of esters is 1. The molecule has 1 fully saturated rings. The number of piperazine rings is 1. The summed E-state index contributed by atoms with van der Waals surface area (Å²) in [5.74, 6) is -0.289. The topological polar surface area (TPSA) is 66.9 Å². The molecule has 0 bridgehead atoms. The van der Waals surface area contributed by atoms with Crippen molar-refractivity contribution in [1.82, 2.24) is 9.21 Å². The maximum absolute atomic E-state index is 13.2. The van der Waals surface area contributed by atoms with Crippen molar-refractivity contribution in [3.05, 3.63) is 65.2 Å². The minimum absolute atomic E-state index is 0.182. The lowest BCUT2D eigenvalue weighted by atomic mass is 10.1. The van der Waals surface area contributed by atoms with Crippen molar-refractivity contribution in [2.24, 2.45) is 0 Å². The van der Waals surface area contributed by atoms with Gasteiger partial charge in [-0.15, -0.1) is 0 Å². The van der Waals surface area contributed by atoms with Crippen molar-refractivity contribution in [3.63, 3.8) is 0 Å². The summed E-state index contributed by atoms with van der Waals surface area (Å²) in [5, 5.41) is 0. The second-order valence-electron chi connectivity index (χ2n) is 8.11. The van der Waals surface area contributed by atoms with E-state index in [2.05, 4.69) is 30.0 Å². The maximum Gasteiger partial charge on any atom is 0.307 e. The van der Waals surface area contributed by atoms with Gasteiger partial charge in [-0.05, 0) is 44.9 Å². The fourth-order valence-electron chi connectivity index (χ4n) is 3.98. The van der Waals surface area contributed by atoms with Crippen molar-refractivity contribution in [3.8, 4) is 0 Å². The maximum atomic E-state index is 13.2. The molecule has 0 saturated carbocycles. The first-order valence-corrected chi connectivity index (χ1v) is 12.3. The molecule has 1 saturated heterocycles. The van der Waals surface area contributed by atoms with Gasteiger partial charge in [0.25, 0.3) is 0 Å². The Bertz CT molecular complexity index is 989. The van der Waals surface area contributed by atoms with E-state index in [0.717, 1.165) is 18.5 Å². The summed E-state index contributed by atoms with van der Waals surface area (Å²) < 4.78 is 33.0. The van der Waals surface area contributed by atoms with Crippen LogP contribution in [0.3, 0.4) is 0 Å². The molecule has 0 spiro atoms. The van der Waals surface area contributed by atoms with Crippen molar-refractivity contribution < 1.29 is 17.9 Å². The molecule has 0 amide bonds. The number of ether oxygens (including phenoxy) is 1. The van der Waals surface area contributed by atoms with E-state index in [1.165, 1.54) is 15.4 Å². The third kappa shape index (κ3) is 6.15. The summed E-state index contributed by atoms with van der Waals surface area (Å²) in [7, 11) is -3.60. The molecular weight excluding hydrogens is 412 g/mol. The van der Waals surface area contributed by atoms with Gasteiger partial charge in [-0.2, -0.15) is 4.31 Å². The molecule has 1 atom stereocenters. The van der Waals surface area contributed by atoms with E-state index in [-0.39, 0.29) is 25.0 Å². The third-order valence-corrected chi connectivity index (χ3v) is 7.58. The minimum Gasteiger partial charge on any atom is -0.466 e. The van der Waals surface area contributed by atoms with Gasteiger partial charge >= 0.3 is 5.97 Å². The van der Waals surface area contributed by atoms with Crippen LogP contribution in [0.5, 0.6) is 0 Å². The van der Waals surface area contributed by atoms with Gasteiger partial charge in [-0.25, -0.2) is 8.42 Å². The molecule has 0 aliphatic carbocycles. The van der Waals surface area contributed by atoms with Crippen LogP contribution in [-0.2, 0) is 26.0 Å². The highest BCUT2D eigenvalue weighted by Crippen LogP contribution is 2.22. The number of rotatable bonds is 8. The standard InChI is InChI=1S/C24H32N2O4S/c1-4-30-24(27)17-22-18-26(31(28,29)23-10-8-19(2)9-11-23)15-14-25(22)13-12-21-7-5-6-20(3)16-21/h5-11,16,22H,4,12-15,17-18H2,1-3H3. The van der Waals surface area contributed by atoms with Crippen LogP contribution in [0.15, 0.2) is 53.4 Å². The van der Waals surface area contributed by atoms with Crippen LogP contribution < -0.4 is 0 Å². The van der Waals surface area contributed by atoms with Crippen LogP contribution in [0.2, 0.25) is 0 Å². The van der Waals surface area contributed by atoms with E-state index in [0.29, 0.717) is 24.6 Å². The molecule has 1 heterocycles. The monoisotopic (exact) mass is 444 g/mol.